The van der Waals surface area contributed by atoms with Crippen LogP contribution < -0.4 is 15.4 Å². The highest BCUT2D eigenvalue weighted by Crippen LogP contribution is 2.20. The zero-order valence-corrected chi connectivity index (χ0v) is 20.2. The number of carbonyl (C=O) groups is 3. The number of fused-ring (bicyclic) bond motifs is 2. The van der Waals surface area contributed by atoms with Gasteiger partial charge in [-0.15, -0.1) is 0 Å². The summed E-state index contributed by atoms with van der Waals surface area (Å²) in [4.78, 5) is 47.2. The molecule has 3 aromatic rings. The molecular weight excluding hydrogens is 465 g/mol. The number of amides is 3. The van der Waals surface area contributed by atoms with Crippen LogP contribution in [0.1, 0.15) is 41.0 Å². The molecule has 0 saturated heterocycles. The molecule has 190 valence electrons. The maximum absolute atomic E-state index is 13.4. The van der Waals surface area contributed by atoms with Crippen molar-refractivity contribution in [1.82, 2.24) is 25.5 Å². The highest BCUT2D eigenvalue weighted by molar-refractivity contribution is 5.97. The van der Waals surface area contributed by atoms with E-state index in [2.05, 4.69) is 20.6 Å². The largest absolute Gasteiger partial charge is 0.491 e. The fourth-order valence-electron chi connectivity index (χ4n) is 4.11. The minimum Gasteiger partial charge on any atom is -0.491 e. The summed E-state index contributed by atoms with van der Waals surface area (Å²) < 4.78 is 19.2. The summed E-state index contributed by atoms with van der Waals surface area (Å²) in [6.45, 7) is 3.40. The monoisotopic (exact) mass is 495 g/mol. The van der Waals surface area contributed by atoms with Gasteiger partial charge < -0.3 is 25.3 Å². The van der Waals surface area contributed by atoms with E-state index in [1.807, 2.05) is 13.0 Å². The van der Waals surface area contributed by atoms with E-state index in [-0.39, 0.29) is 49.5 Å². The predicted octanol–water partition coefficient (Wildman–Crippen LogP) is 2.49. The van der Waals surface area contributed by atoms with Crippen LogP contribution in [0.25, 0.3) is 11.0 Å². The number of nitrogens with one attached hydrogen (secondary N) is 3. The molecule has 9 nitrogen and oxygen atoms in total. The number of aromatic nitrogens is 2. The van der Waals surface area contributed by atoms with Gasteiger partial charge in [0.25, 0.3) is 5.91 Å². The second kappa shape index (κ2) is 11.7. The molecule has 3 amide bonds. The Morgan fingerprint density at radius 1 is 1.11 bits per heavy atom. The molecule has 0 bridgehead atoms. The highest BCUT2D eigenvalue weighted by atomic mass is 19.1. The van der Waals surface area contributed by atoms with Gasteiger partial charge in [0.05, 0.1) is 23.1 Å². The molecular formula is C26H30FN5O4. The van der Waals surface area contributed by atoms with E-state index in [4.69, 9.17) is 4.74 Å². The first-order valence-electron chi connectivity index (χ1n) is 12.1. The Kier molecular flexibility index (Phi) is 8.14. The Balaban J connectivity index is 1.42. The van der Waals surface area contributed by atoms with Gasteiger partial charge in [0.2, 0.25) is 11.8 Å². The van der Waals surface area contributed by atoms with Crippen LogP contribution in [-0.2, 0) is 16.0 Å². The first-order valence-corrected chi connectivity index (χ1v) is 12.1. The molecule has 1 aliphatic heterocycles. The topological polar surface area (TPSA) is 116 Å². The van der Waals surface area contributed by atoms with Crippen LogP contribution in [0.5, 0.6) is 5.75 Å². The highest BCUT2D eigenvalue weighted by Gasteiger charge is 2.18. The number of H-pyrrole nitrogens is 1. The van der Waals surface area contributed by atoms with E-state index in [0.29, 0.717) is 60.6 Å². The number of halogens is 1. The molecule has 0 spiro atoms. The molecule has 0 radical (unpaired) electrons. The van der Waals surface area contributed by atoms with Crippen molar-refractivity contribution in [3.63, 3.8) is 0 Å². The Morgan fingerprint density at radius 2 is 1.97 bits per heavy atom. The lowest BCUT2D eigenvalue weighted by atomic mass is 10.1. The van der Waals surface area contributed by atoms with Crippen LogP contribution in [-0.4, -0.2) is 65.4 Å². The summed E-state index contributed by atoms with van der Waals surface area (Å²) in [5.41, 5.74) is 2.56. The zero-order valence-electron chi connectivity index (χ0n) is 20.2. The van der Waals surface area contributed by atoms with Crippen LogP contribution in [0.2, 0.25) is 0 Å². The molecule has 4 rings (SSSR count). The van der Waals surface area contributed by atoms with Gasteiger partial charge in [0.15, 0.2) is 0 Å². The van der Waals surface area contributed by atoms with Crippen molar-refractivity contribution in [3.05, 3.63) is 59.2 Å². The van der Waals surface area contributed by atoms with Crippen molar-refractivity contribution < 1.29 is 23.5 Å². The minimum absolute atomic E-state index is 0.111. The Labute approximate surface area is 208 Å². The lowest BCUT2D eigenvalue weighted by Gasteiger charge is -2.23. The van der Waals surface area contributed by atoms with E-state index in [9.17, 15) is 18.8 Å². The zero-order chi connectivity index (χ0) is 25.5. The molecule has 2 heterocycles. The van der Waals surface area contributed by atoms with Crippen LogP contribution in [0.3, 0.4) is 0 Å². The van der Waals surface area contributed by atoms with Crippen molar-refractivity contribution >= 4 is 28.8 Å². The maximum atomic E-state index is 13.4. The molecule has 1 aliphatic rings. The Morgan fingerprint density at radius 3 is 2.83 bits per heavy atom. The van der Waals surface area contributed by atoms with E-state index in [0.717, 1.165) is 5.56 Å². The van der Waals surface area contributed by atoms with Crippen molar-refractivity contribution in [2.75, 3.05) is 32.8 Å². The predicted molar refractivity (Wildman–Crippen MR) is 132 cm³/mol. The Hall–Kier alpha value is -3.95. The number of aromatic amines is 1. The van der Waals surface area contributed by atoms with Crippen LogP contribution in [0, 0.1) is 12.7 Å². The molecule has 3 N–H and O–H groups in total. The third kappa shape index (κ3) is 6.59. The number of benzene rings is 2. The lowest BCUT2D eigenvalue weighted by molar-refractivity contribution is -0.131. The van der Waals surface area contributed by atoms with Crippen molar-refractivity contribution in [2.45, 2.75) is 32.6 Å². The molecule has 0 atom stereocenters. The van der Waals surface area contributed by atoms with Gasteiger partial charge in [-0.05, 0) is 43.7 Å². The summed E-state index contributed by atoms with van der Waals surface area (Å²) in [7, 11) is 0. The lowest BCUT2D eigenvalue weighted by Crippen LogP contribution is -2.39. The Bertz CT molecular complexity index is 1260. The van der Waals surface area contributed by atoms with Gasteiger partial charge in [-0.3, -0.25) is 14.4 Å². The van der Waals surface area contributed by atoms with E-state index < -0.39 is 0 Å². The van der Waals surface area contributed by atoms with Crippen molar-refractivity contribution in [2.24, 2.45) is 0 Å². The molecule has 0 unspecified atom stereocenters. The second-order valence-corrected chi connectivity index (χ2v) is 8.78. The normalized spacial score (nSPS) is 15.8. The number of imidazole rings is 1. The quantitative estimate of drug-likeness (QED) is 0.516. The third-order valence-electron chi connectivity index (χ3n) is 5.98. The van der Waals surface area contributed by atoms with Gasteiger partial charge in [-0.2, -0.15) is 0 Å². The van der Waals surface area contributed by atoms with Gasteiger partial charge in [-0.25, -0.2) is 9.37 Å². The first-order chi connectivity index (χ1) is 17.4. The number of carbonyl (C=O) groups excluding carboxylic acids is 3. The SMILES string of the molecule is Cc1ccc2c(c1)C(=O)NCCN(C(=O)CCc1nc3ccc(F)cc3[nH]1)CCCC(=O)NCCO2. The van der Waals surface area contributed by atoms with Crippen LogP contribution >= 0.6 is 0 Å². The van der Waals surface area contributed by atoms with Crippen LogP contribution in [0.15, 0.2) is 36.4 Å². The fraction of sp³-hybridized carbons (Fsp3) is 0.385. The maximum Gasteiger partial charge on any atom is 0.255 e. The molecule has 10 heteroatoms. The van der Waals surface area contributed by atoms with Gasteiger partial charge in [0, 0.05) is 38.9 Å². The third-order valence-corrected chi connectivity index (χ3v) is 5.98. The first kappa shape index (κ1) is 25.2. The van der Waals surface area contributed by atoms with E-state index in [1.165, 1.54) is 12.1 Å². The van der Waals surface area contributed by atoms with Gasteiger partial charge >= 0.3 is 0 Å². The molecule has 1 aromatic heterocycles. The smallest absolute Gasteiger partial charge is 0.255 e. The average molecular weight is 496 g/mol. The van der Waals surface area contributed by atoms with Gasteiger partial charge in [0.1, 0.15) is 24.0 Å². The summed E-state index contributed by atoms with van der Waals surface area (Å²) >= 11 is 0. The number of aryl methyl sites for hydroxylation is 2. The average Bonchev–Trinajstić information content (AvgIpc) is 3.26. The standard InChI is InChI=1S/C26H30FN5O4/c1-17-4-7-22-19(15-17)26(35)29-10-13-32(12-2-3-24(33)28-11-14-36-22)25(34)9-8-23-30-20-6-5-18(27)16-21(20)31-23/h4-7,15-16H,2-3,8-14H2,1H3,(H,28,33)(H,29,35)(H,30,31). The minimum atomic E-state index is -0.356. The number of hydrogen-bond acceptors (Lipinski definition) is 5. The summed E-state index contributed by atoms with van der Waals surface area (Å²) in [5.74, 6) is 0.178. The molecule has 0 aliphatic carbocycles. The molecule has 2 aromatic carbocycles. The van der Waals surface area contributed by atoms with Crippen molar-refractivity contribution in [1.29, 1.82) is 0 Å². The number of rotatable bonds is 3. The van der Waals surface area contributed by atoms with E-state index in [1.54, 1.807) is 23.1 Å². The molecule has 0 fully saturated rings. The summed E-state index contributed by atoms with van der Waals surface area (Å²) in [5, 5.41) is 5.68. The van der Waals surface area contributed by atoms with E-state index >= 15 is 0 Å². The fourth-order valence-corrected chi connectivity index (χ4v) is 4.11. The summed E-state index contributed by atoms with van der Waals surface area (Å²) in [6, 6.07) is 9.66. The number of ether oxygens (including phenoxy) is 1. The van der Waals surface area contributed by atoms with Crippen molar-refractivity contribution in [3.8, 4) is 5.75 Å². The number of hydrogen-bond donors (Lipinski definition) is 3. The second-order valence-electron chi connectivity index (χ2n) is 8.78. The number of nitrogens with zero attached hydrogens (tertiary/aromatic N) is 2. The molecule has 0 saturated carbocycles. The molecule has 36 heavy (non-hydrogen) atoms. The van der Waals surface area contributed by atoms with Gasteiger partial charge in [-0.1, -0.05) is 11.6 Å². The summed E-state index contributed by atoms with van der Waals surface area (Å²) in [6.07, 6.45) is 1.33. The van der Waals surface area contributed by atoms with Crippen LogP contribution in [0.4, 0.5) is 4.39 Å².